The molecule has 0 rings (SSSR count). The van der Waals surface area contributed by atoms with E-state index in [0.717, 1.165) is 6.92 Å². The van der Waals surface area contributed by atoms with E-state index in [9.17, 15) is 39.9 Å². The Hall–Kier alpha value is -0.610. The zero-order valence-electron chi connectivity index (χ0n) is 9.17. The summed E-state index contributed by atoms with van der Waals surface area (Å²) < 4.78 is 99.5. The molecule has 0 aromatic carbocycles. The van der Waals surface area contributed by atoms with Crippen molar-refractivity contribution < 1.29 is 39.9 Å². The maximum atomic E-state index is 12.9. The molecule has 0 aromatic rings. The van der Waals surface area contributed by atoms with Crippen LogP contribution in [-0.2, 0) is 4.79 Å². The third-order valence-electron chi connectivity index (χ3n) is 2.00. The van der Waals surface area contributed by atoms with Gasteiger partial charge in [-0.3, -0.25) is 4.79 Å². The van der Waals surface area contributed by atoms with E-state index in [4.69, 9.17) is 0 Å². The fourth-order valence-electron chi connectivity index (χ4n) is 0.831. The quantitative estimate of drug-likeness (QED) is 0.568. The van der Waals surface area contributed by atoms with Gasteiger partial charge in [0, 0.05) is 0 Å². The van der Waals surface area contributed by atoms with Crippen LogP contribution in [0.5, 0.6) is 0 Å². The molecule has 0 aliphatic heterocycles. The topological polar surface area (TPSA) is 29.1 Å². The highest BCUT2D eigenvalue weighted by Gasteiger charge is 2.75. The van der Waals surface area contributed by atoms with Crippen LogP contribution in [0.4, 0.5) is 35.1 Å². The molecule has 0 spiro atoms. The van der Waals surface area contributed by atoms with Crippen LogP contribution < -0.4 is 5.32 Å². The molecule has 0 radical (unpaired) electrons. The Kier molecular flexibility index (Phi) is 5.61. The Morgan fingerprint density at radius 1 is 1.16 bits per heavy atom. The first-order valence-electron chi connectivity index (χ1n) is 4.60. The highest BCUT2D eigenvalue weighted by atomic mass is 79.9. The Bertz CT molecular complexity index is 333. The zero-order chi connectivity index (χ0) is 15.6. The summed E-state index contributed by atoms with van der Waals surface area (Å²) in [7, 11) is 0. The molecule has 11 heteroatoms. The molecule has 0 heterocycles. The molecular weight excluding hydrogens is 358 g/mol. The second kappa shape index (κ2) is 5.80. The average molecular weight is 366 g/mol. The van der Waals surface area contributed by atoms with E-state index in [1.54, 1.807) is 0 Å². The zero-order valence-corrected chi connectivity index (χ0v) is 10.8. The molecule has 114 valence electrons. The summed E-state index contributed by atoms with van der Waals surface area (Å²) in [6, 6.07) is 0. The van der Waals surface area contributed by atoms with E-state index in [1.165, 1.54) is 5.32 Å². The van der Waals surface area contributed by atoms with Crippen molar-refractivity contribution >= 4 is 21.8 Å². The third-order valence-corrected chi connectivity index (χ3v) is 2.41. The summed E-state index contributed by atoms with van der Waals surface area (Å²) in [4.78, 5) is 9.78. The fourth-order valence-corrected chi connectivity index (χ4v) is 0.993. The SMILES string of the molecule is C[C@H](Br)C(=O)NCC(F)(F)C(F)(F)C(F)(F)C(F)F. The van der Waals surface area contributed by atoms with E-state index >= 15 is 0 Å². The minimum atomic E-state index is -6.31. The summed E-state index contributed by atoms with van der Waals surface area (Å²) in [6.45, 7) is -1.05. The minimum Gasteiger partial charge on any atom is -0.349 e. The van der Waals surface area contributed by atoms with Crippen LogP contribution in [0.1, 0.15) is 6.92 Å². The standard InChI is InChI=1S/C8H8BrF8NO/c1-3(9)4(19)18-2-6(12,13)8(16,17)7(14,15)5(10)11/h3,5H,2H2,1H3,(H,18,19)/t3-/m0/s1. The number of nitrogens with one attached hydrogen (secondary N) is 1. The molecular formula is C8H8BrF8NO. The average Bonchev–Trinajstić information content (AvgIpc) is 2.24. The first-order valence-corrected chi connectivity index (χ1v) is 5.52. The van der Waals surface area contributed by atoms with Crippen molar-refractivity contribution in [1.29, 1.82) is 0 Å². The number of carbonyl (C=O) groups excluding carboxylic acids is 1. The van der Waals surface area contributed by atoms with E-state index in [1.807, 2.05) is 0 Å². The molecule has 1 N–H and O–H groups in total. The van der Waals surface area contributed by atoms with E-state index in [0.29, 0.717) is 0 Å². The largest absolute Gasteiger partial charge is 0.379 e. The van der Waals surface area contributed by atoms with Crippen molar-refractivity contribution in [2.24, 2.45) is 0 Å². The monoisotopic (exact) mass is 365 g/mol. The van der Waals surface area contributed by atoms with Gasteiger partial charge in [-0.25, -0.2) is 8.78 Å². The highest BCUT2D eigenvalue weighted by molar-refractivity contribution is 9.10. The van der Waals surface area contributed by atoms with Crippen LogP contribution in [0.25, 0.3) is 0 Å². The molecule has 0 unspecified atom stereocenters. The molecule has 1 amide bonds. The summed E-state index contributed by atoms with van der Waals surface area (Å²) in [5.74, 6) is -19.3. The number of halogens is 9. The lowest BCUT2D eigenvalue weighted by Crippen LogP contribution is -2.61. The van der Waals surface area contributed by atoms with Crippen LogP contribution in [0.15, 0.2) is 0 Å². The van der Waals surface area contributed by atoms with Crippen molar-refractivity contribution in [2.75, 3.05) is 6.54 Å². The Balaban J connectivity index is 5.03. The molecule has 0 saturated heterocycles. The van der Waals surface area contributed by atoms with Crippen LogP contribution >= 0.6 is 15.9 Å². The maximum absolute atomic E-state index is 12.9. The first-order chi connectivity index (χ1) is 8.27. The van der Waals surface area contributed by atoms with Gasteiger partial charge in [-0.2, -0.15) is 26.3 Å². The predicted molar refractivity (Wildman–Crippen MR) is 52.2 cm³/mol. The van der Waals surface area contributed by atoms with E-state index in [2.05, 4.69) is 15.9 Å². The van der Waals surface area contributed by atoms with Gasteiger partial charge in [-0.05, 0) is 6.92 Å². The van der Waals surface area contributed by atoms with Gasteiger partial charge in [0.1, 0.15) is 0 Å². The number of carbonyl (C=O) groups is 1. The molecule has 0 fully saturated rings. The molecule has 1 atom stereocenters. The third kappa shape index (κ3) is 3.69. The van der Waals surface area contributed by atoms with Crippen LogP contribution in [0, 0.1) is 0 Å². The highest BCUT2D eigenvalue weighted by Crippen LogP contribution is 2.48. The predicted octanol–water partition coefficient (Wildman–Crippen LogP) is 3.06. The summed E-state index contributed by atoms with van der Waals surface area (Å²) in [5.41, 5.74) is 0. The maximum Gasteiger partial charge on any atom is 0.379 e. The number of alkyl halides is 9. The van der Waals surface area contributed by atoms with E-state index in [-0.39, 0.29) is 0 Å². The molecule has 0 aromatic heterocycles. The second-order valence-corrected chi connectivity index (χ2v) is 4.91. The van der Waals surface area contributed by atoms with Gasteiger partial charge in [0.2, 0.25) is 5.91 Å². The number of hydrogen-bond donors (Lipinski definition) is 1. The summed E-state index contributed by atoms with van der Waals surface area (Å²) >= 11 is 2.61. The molecule has 19 heavy (non-hydrogen) atoms. The normalized spacial score (nSPS) is 15.5. The van der Waals surface area contributed by atoms with Crippen LogP contribution in [0.2, 0.25) is 0 Å². The van der Waals surface area contributed by atoms with Gasteiger partial charge in [0.25, 0.3) is 0 Å². The van der Waals surface area contributed by atoms with Crippen molar-refractivity contribution in [3.05, 3.63) is 0 Å². The van der Waals surface area contributed by atoms with Gasteiger partial charge >= 0.3 is 24.2 Å². The van der Waals surface area contributed by atoms with Gasteiger partial charge in [-0.1, -0.05) is 15.9 Å². The van der Waals surface area contributed by atoms with Gasteiger partial charge in [0.15, 0.2) is 0 Å². The van der Waals surface area contributed by atoms with Crippen LogP contribution in [-0.4, -0.2) is 41.5 Å². The molecule has 0 aliphatic rings. The lowest BCUT2D eigenvalue weighted by atomic mass is 10.0. The smallest absolute Gasteiger partial charge is 0.349 e. The lowest BCUT2D eigenvalue weighted by Gasteiger charge is -2.32. The van der Waals surface area contributed by atoms with Gasteiger partial charge in [-0.15, -0.1) is 0 Å². The Morgan fingerprint density at radius 3 is 1.89 bits per heavy atom. The van der Waals surface area contributed by atoms with Gasteiger partial charge in [0.05, 0.1) is 11.4 Å². The van der Waals surface area contributed by atoms with Gasteiger partial charge < -0.3 is 5.32 Å². The number of rotatable bonds is 6. The van der Waals surface area contributed by atoms with E-state index < -0.39 is 41.5 Å². The number of amides is 1. The Labute approximate surface area is 110 Å². The number of hydrogen-bond acceptors (Lipinski definition) is 1. The van der Waals surface area contributed by atoms with Crippen molar-refractivity contribution in [3.8, 4) is 0 Å². The summed E-state index contributed by atoms with van der Waals surface area (Å²) in [5, 5.41) is 1.25. The molecule has 0 bridgehead atoms. The first kappa shape index (κ1) is 18.4. The fraction of sp³-hybridized carbons (Fsp3) is 0.875. The summed E-state index contributed by atoms with van der Waals surface area (Å²) in [6.07, 6.45) is -4.97. The minimum absolute atomic E-state index is 1.05. The van der Waals surface area contributed by atoms with Crippen molar-refractivity contribution in [2.45, 2.75) is 35.9 Å². The Morgan fingerprint density at radius 2 is 1.58 bits per heavy atom. The second-order valence-electron chi connectivity index (χ2n) is 3.54. The van der Waals surface area contributed by atoms with Crippen molar-refractivity contribution in [1.82, 2.24) is 5.32 Å². The van der Waals surface area contributed by atoms with Crippen molar-refractivity contribution in [3.63, 3.8) is 0 Å². The lowest BCUT2D eigenvalue weighted by molar-refractivity contribution is -0.336. The molecule has 0 saturated carbocycles. The molecule has 2 nitrogen and oxygen atoms in total. The van der Waals surface area contributed by atoms with Crippen LogP contribution in [0.3, 0.4) is 0 Å². The molecule has 0 aliphatic carbocycles.